The van der Waals surface area contributed by atoms with Crippen LogP contribution in [0.4, 0.5) is 18.9 Å². The van der Waals surface area contributed by atoms with Gasteiger partial charge in [0.1, 0.15) is 16.9 Å². The molecule has 0 radical (unpaired) electrons. The topological polar surface area (TPSA) is 105 Å². The minimum Gasteiger partial charge on any atom is -0.491 e. The van der Waals surface area contributed by atoms with Gasteiger partial charge in [-0.05, 0) is 31.5 Å². The molecule has 1 amide bonds. The normalized spacial score (nSPS) is 11.0. The molecule has 3 aromatic heterocycles. The SMILES string of the molecule is COc1cc2nccc(Oc3cc(F)c(NC(=O)c4c(C)n(C)c(C)c(-c5ccc(F)cc5)c4=O)cc3F)c2nc1OC. The number of carbonyl (C=O) groups excluding carboxylic acids is 1. The summed E-state index contributed by atoms with van der Waals surface area (Å²) in [5.41, 5.74) is 0.574. The van der Waals surface area contributed by atoms with E-state index in [0.29, 0.717) is 28.2 Å². The average molecular weight is 591 g/mol. The second kappa shape index (κ2) is 11.5. The van der Waals surface area contributed by atoms with Gasteiger partial charge in [0.05, 0.1) is 25.4 Å². The third-order valence-electron chi connectivity index (χ3n) is 7.05. The van der Waals surface area contributed by atoms with Crippen molar-refractivity contribution in [2.75, 3.05) is 19.5 Å². The van der Waals surface area contributed by atoms with Crippen LogP contribution >= 0.6 is 0 Å². The van der Waals surface area contributed by atoms with Crippen molar-refractivity contribution in [2.24, 2.45) is 7.05 Å². The monoisotopic (exact) mass is 590 g/mol. The van der Waals surface area contributed by atoms with Gasteiger partial charge in [0.15, 0.2) is 28.9 Å². The number of fused-ring (bicyclic) bond motifs is 1. The third-order valence-corrected chi connectivity index (χ3v) is 7.05. The lowest BCUT2D eigenvalue weighted by Gasteiger charge is -2.18. The van der Waals surface area contributed by atoms with Crippen LogP contribution in [0.15, 0.2) is 59.5 Å². The Bertz CT molecular complexity index is 1960. The van der Waals surface area contributed by atoms with E-state index in [2.05, 4.69) is 15.3 Å². The van der Waals surface area contributed by atoms with E-state index >= 15 is 8.78 Å². The molecule has 0 fully saturated rings. The highest BCUT2D eigenvalue weighted by Gasteiger charge is 2.24. The fraction of sp³-hybridized carbons (Fsp3) is 0.161. The van der Waals surface area contributed by atoms with Crippen LogP contribution in [0.25, 0.3) is 22.2 Å². The molecule has 0 saturated carbocycles. The number of aromatic nitrogens is 3. The maximum atomic E-state index is 15.2. The number of pyridine rings is 3. The Morgan fingerprint density at radius 2 is 1.60 bits per heavy atom. The van der Waals surface area contributed by atoms with E-state index in [-0.39, 0.29) is 28.3 Å². The lowest BCUT2D eigenvalue weighted by Crippen LogP contribution is -2.28. The summed E-state index contributed by atoms with van der Waals surface area (Å²) in [6.45, 7) is 3.25. The molecule has 9 nitrogen and oxygen atoms in total. The maximum Gasteiger partial charge on any atom is 0.261 e. The van der Waals surface area contributed by atoms with E-state index in [1.807, 2.05) is 0 Å². The number of hydrogen-bond donors (Lipinski definition) is 1. The summed E-state index contributed by atoms with van der Waals surface area (Å²) < 4.78 is 61.7. The number of ether oxygens (including phenoxy) is 3. The summed E-state index contributed by atoms with van der Waals surface area (Å²) in [7, 11) is 4.49. The van der Waals surface area contributed by atoms with Gasteiger partial charge in [0.25, 0.3) is 11.8 Å². The summed E-state index contributed by atoms with van der Waals surface area (Å²) in [4.78, 5) is 35.3. The number of hydrogen-bond acceptors (Lipinski definition) is 7. The van der Waals surface area contributed by atoms with Crippen LogP contribution in [0.1, 0.15) is 21.7 Å². The molecule has 0 aliphatic carbocycles. The maximum absolute atomic E-state index is 15.2. The van der Waals surface area contributed by atoms with Crippen molar-refractivity contribution in [3.63, 3.8) is 0 Å². The van der Waals surface area contributed by atoms with Crippen LogP contribution in [-0.4, -0.2) is 34.7 Å². The number of rotatable bonds is 7. The fourth-order valence-electron chi connectivity index (χ4n) is 4.66. The molecular formula is C31H25F3N4O5. The van der Waals surface area contributed by atoms with Crippen LogP contribution in [0.2, 0.25) is 0 Å². The molecule has 0 atom stereocenters. The Morgan fingerprint density at radius 1 is 0.884 bits per heavy atom. The molecule has 0 aliphatic heterocycles. The Morgan fingerprint density at radius 3 is 2.28 bits per heavy atom. The summed E-state index contributed by atoms with van der Waals surface area (Å²) in [6, 6.07) is 9.75. The van der Waals surface area contributed by atoms with Gasteiger partial charge in [-0.3, -0.25) is 14.6 Å². The average Bonchev–Trinajstić information content (AvgIpc) is 2.99. The molecule has 0 bridgehead atoms. The van der Waals surface area contributed by atoms with E-state index in [4.69, 9.17) is 14.2 Å². The van der Waals surface area contributed by atoms with Gasteiger partial charge in [0.2, 0.25) is 5.43 Å². The molecule has 12 heteroatoms. The van der Waals surface area contributed by atoms with Crippen LogP contribution in [0.5, 0.6) is 23.1 Å². The van der Waals surface area contributed by atoms with Crippen molar-refractivity contribution >= 4 is 22.6 Å². The van der Waals surface area contributed by atoms with Gasteiger partial charge in [-0.25, -0.2) is 18.2 Å². The highest BCUT2D eigenvalue weighted by molar-refractivity contribution is 6.06. The zero-order valence-corrected chi connectivity index (χ0v) is 23.7. The zero-order chi connectivity index (χ0) is 31.0. The lowest BCUT2D eigenvalue weighted by molar-refractivity contribution is 0.102. The standard InChI is InChI=1S/C31H25F3N4O5/c1-15-26(17-6-8-18(32)9-7-17)29(39)27(16(2)38(15)3)30(40)36-21-12-20(34)24(13-19(21)33)43-23-10-11-35-22-14-25(41-4)31(42-5)37-28(22)23/h6-14H,1-5H3,(H,36,40). The summed E-state index contributed by atoms with van der Waals surface area (Å²) in [6.07, 6.45) is 1.40. The summed E-state index contributed by atoms with van der Waals surface area (Å²) >= 11 is 0. The predicted octanol–water partition coefficient (Wildman–Crippen LogP) is 6.09. The van der Waals surface area contributed by atoms with Gasteiger partial charge in [-0.2, -0.15) is 0 Å². The number of carbonyl (C=O) groups is 1. The predicted molar refractivity (Wildman–Crippen MR) is 154 cm³/mol. The van der Waals surface area contributed by atoms with Crippen LogP contribution in [0, 0.1) is 31.3 Å². The Balaban J connectivity index is 1.48. The first-order valence-corrected chi connectivity index (χ1v) is 12.9. The molecule has 0 saturated heterocycles. The minimum atomic E-state index is -1.02. The molecule has 2 aromatic carbocycles. The number of benzene rings is 2. The Hall–Kier alpha value is -5.39. The van der Waals surface area contributed by atoms with Crippen molar-refractivity contribution in [1.29, 1.82) is 0 Å². The highest BCUT2D eigenvalue weighted by atomic mass is 19.1. The van der Waals surface area contributed by atoms with E-state index in [1.165, 1.54) is 50.7 Å². The lowest BCUT2D eigenvalue weighted by atomic mass is 9.99. The molecule has 3 heterocycles. The van der Waals surface area contributed by atoms with Crippen LogP contribution in [0.3, 0.4) is 0 Å². The minimum absolute atomic E-state index is 0.0631. The molecule has 220 valence electrons. The molecule has 5 aromatic rings. The Kier molecular flexibility index (Phi) is 7.77. The largest absolute Gasteiger partial charge is 0.491 e. The van der Waals surface area contributed by atoms with Crippen molar-refractivity contribution in [3.05, 3.63) is 99.4 Å². The fourth-order valence-corrected chi connectivity index (χ4v) is 4.66. The van der Waals surface area contributed by atoms with E-state index in [0.717, 1.165) is 12.1 Å². The Labute approximate surface area is 243 Å². The number of nitrogens with one attached hydrogen (secondary N) is 1. The second-order valence-electron chi connectivity index (χ2n) is 9.51. The van der Waals surface area contributed by atoms with E-state index in [1.54, 1.807) is 31.5 Å². The molecule has 0 spiro atoms. The van der Waals surface area contributed by atoms with Gasteiger partial charge in [-0.15, -0.1) is 0 Å². The first kappa shape index (κ1) is 29.1. The van der Waals surface area contributed by atoms with E-state index in [9.17, 15) is 14.0 Å². The molecule has 5 rings (SSSR count). The first-order valence-electron chi connectivity index (χ1n) is 12.9. The van der Waals surface area contributed by atoms with Gasteiger partial charge in [-0.1, -0.05) is 12.1 Å². The summed E-state index contributed by atoms with van der Waals surface area (Å²) in [5.74, 6) is -3.41. The molecule has 1 N–H and O–H groups in total. The van der Waals surface area contributed by atoms with Gasteiger partial charge < -0.3 is 24.1 Å². The zero-order valence-electron chi connectivity index (χ0n) is 23.7. The van der Waals surface area contributed by atoms with Crippen molar-refractivity contribution in [3.8, 4) is 34.3 Å². The van der Waals surface area contributed by atoms with Crippen molar-refractivity contribution < 1.29 is 32.2 Å². The first-order chi connectivity index (χ1) is 20.5. The molecule has 0 aliphatic rings. The number of halogens is 3. The van der Waals surface area contributed by atoms with E-state index < -0.39 is 40.2 Å². The number of methoxy groups -OCH3 is 2. The smallest absolute Gasteiger partial charge is 0.261 e. The van der Waals surface area contributed by atoms with Crippen LogP contribution < -0.4 is 25.0 Å². The highest BCUT2D eigenvalue weighted by Crippen LogP contribution is 2.36. The number of nitrogens with zero attached hydrogens (tertiary/aromatic N) is 3. The van der Waals surface area contributed by atoms with Crippen molar-refractivity contribution in [2.45, 2.75) is 13.8 Å². The third kappa shape index (κ3) is 5.34. The second-order valence-corrected chi connectivity index (χ2v) is 9.51. The van der Waals surface area contributed by atoms with Crippen molar-refractivity contribution in [1.82, 2.24) is 14.5 Å². The number of anilines is 1. The van der Waals surface area contributed by atoms with Crippen LogP contribution in [-0.2, 0) is 7.05 Å². The summed E-state index contributed by atoms with van der Waals surface area (Å²) in [5, 5.41) is 2.30. The van der Waals surface area contributed by atoms with Gasteiger partial charge >= 0.3 is 0 Å². The molecular weight excluding hydrogens is 565 g/mol. The molecule has 43 heavy (non-hydrogen) atoms. The van der Waals surface area contributed by atoms with Gasteiger partial charge in [0, 0.05) is 54.5 Å². The molecule has 0 unspecified atom stereocenters. The number of amides is 1. The quantitative estimate of drug-likeness (QED) is 0.245.